The maximum Gasteiger partial charge on any atom is 0.409 e. The zero-order valence-corrected chi connectivity index (χ0v) is 13.8. The van der Waals surface area contributed by atoms with Gasteiger partial charge in [0.05, 0.1) is 13.2 Å². The van der Waals surface area contributed by atoms with Gasteiger partial charge >= 0.3 is 18.2 Å². The monoisotopic (exact) mass is 330 g/mol. The third-order valence-corrected chi connectivity index (χ3v) is 2.57. The number of ether oxygens (including phenoxy) is 3. The fraction of sp³-hybridized carbons (Fsp3) is 0.667. The van der Waals surface area contributed by atoms with Gasteiger partial charge in [0.1, 0.15) is 6.61 Å². The number of esters is 1. The Morgan fingerprint density at radius 1 is 0.957 bits per heavy atom. The first-order valence-corrected chi connectivity index (χ1v) is 7.69. The number of nitrogens with one attached hydrogen (secondary N) is 2. The summed E-state index contributed by atoms with van der Waals surface area (Å²) >= 11 is 0. The lowest BCUT2D eigenvalue weighted by molar-refractivity contribution is -0.145. The van der Waals surface area contributed by atoms with Crippen LogP contribution in [0.5, 0.6) is 0 Å². The molecule has 0 bridgehead atoms. The van der Waals surface area contributed by atoms with Gasteiger partial charge in [0.2, 0.25) is 6.17 Å². The van der Waals surface area contributed by atoms with Crippen LogP contribution in [0, 0.1) is 0 Å². The lowest BCUT2D eigenvalue weighted by Gasteiger charge is -2.18. The van der Waals surface area contributed by atoms with Crippen LogP contribution in [0.25, 0.3) is 0 Å². The molecule has 0 radical (unpaired) electrons. The van der Waals surface area contributed by atoms with Crippen molar-refractivity contribution in [3.8, 4) is 0 Å². The highest BCUT2D eigenvalue weighted by Gasteiger charge is 2.25. The first-order valence-electron chi connectivity index (χ1n) is 7.69. The number of alkyl carbamates (subject to hydrolysis) is 2. The summed E-state index contributed by atoms with van der Waals surface area (Å²) in [7, 11) is 0. The Hall–Kier alpha value is -2.25. The molecule has 0 aliphatic carbocycles. The second kappa shape index (κ2) is 13.4. The summed E-state index contributed by atoms with van der Waals surface area (Å²) in [4.78, 5) is 35.0. The molecule has 0 spiro atoms. The van der Waals surface area contributed by atoms with Crippen LogP contribution in [-0.2, 0) is 19.0 Å². The summed E-state index contributed by atoms with van der Waals surface area (Å²) in [5.41, 5.74) is 0. The van der Waals surface area contributed by atoms with E-state index in [-0.39, 0.29) is 19.8 Å². The van der Waals surface area contributed by atoms with Crippen molar-refractivity contribution in [1.29, 1.82) is 0 Å². The van der Waals surface area contributed by atoms with Gasteiger partial charge in [0.25, 0.3) is 0 Å². The van der Waals surface area contributed by atoms with E-state index in [0.717, 1.165) is 12.8 Å². The summed E-state index contributed by atoms with van der Waals surface area (Å²) in [5.74, 6) is -0.843. The van der Waals surface area contributed by atoms with E-state index in [9.17, 15) is 14.4 Å². The number of carbonyl (C=O) groups excluding carboxylic acids is 3. The summed E-state index contributed by atoms with van der Waals surface area (Å²) in [6.45, 7) is 7.70. The third kappa shape index (κ3) is 11.0. The van der Waals surface area contributed by atoms with Crippen molar-refractivity contribution in [3.05, 3.63) is 12.7 Å². The van der Waals surface area contributed by atoms with E-state index >= 15 is 0 Å². The van der Waals surface area contributed by atoms with Gasteiger partial charge in [-0.25, -0.2) is 14.4 Å². The van der Waals surface area contributed by atoms with E-state index in [1.165, 1.54) is 6.08 Å². The minimum Gasteiger partial charge on any atom is -0.459 e. The zero-order valence-electron chi connectivity index (χ0n) is 13.8. The molecule has 2 N–H and O–H groups in total. The highest BCUT2D eigenvalue weighted by Crippen LogP contribution is 1.94. The Kier molecular flexibility index (Phi) is 12.1. The van der Waals surface area contributed by atoms with Crippen molar-refractivity contribution in [2.45, 2.75) is 45.7 Å². The molecule has 0 heterocycles. The Bertz CT molecular complexity index is 362. The van der Waals surface area contributed by atoms with E-state index in [1.807, 2.05) is 13.8 Å². The molecule has 0 atom stereocenters. The van der Waals surface area contributed by atoms with E-state index < -0.39 is 24.3 Å². The summed E-state index contributed by atoms with van der Waals surface area (Å²) in [6.07, 6.45) is 1.45. The molecule has 0 fully saturated rings. The third-order valence-electron chi connectivity index (χ3n) is 2.57. The highest BCUT2D eigenvalue weighted by atomic mass is 16.6. The van der Waals surface area contributed by atoms with Gasteiger partial charge in [-0.1, -0.05) is 39.3 Å². The van der Waals surface area contributed by atoms with E-state index in [4.69, 9.17) is 14.2 Å². The quantitative estimate of drug-likeness (QED) is 0.198. The van der Waals surface area contributed by atoms with Crippen LogP contribution in [0.4, 0.5) is 9.59 Å². The van der Waals surface area contributed by atoms with Crippen LogP contribution < -0.4 is 10.6 Å². The number of carbonyl (C=O) groups is 3. The maximum atomic E-state index is 11.8. The molecule has 0 rings (SSSR count). The van der Waals surface area contributed by atoms with Crippen molar-refractivity contribution in [2.24, 2.45) is 0 Å². The second-order valence-electron chi connectivity index (χ2n) is 4.62. The minimum atomic E-state index is -1.39. The molecular weight excluding hydrogens is 304 g/mol. The van der Waals surface area contributed by atoms with Crippen LogP contribution in [0.1, 0.15) is 39.5 Å². The standard InChI is InChI=1S/C15H26N2O6/c1-4-7-10-22-14(19)16-12(13(18)21-9-6-3)17-15(20)23-11-8-5-2/h6,12H,3-5,7-11H2,1-2H3,(H,16,19)(H,17,20). The number of rotatable bonds is 11. The minimum absolute atomic E-state index is 0.0472. The number of amides is 2. The van der Waals surface area contributed by atoms with E-state index in [2.05, 4.69) is 17.2 Å². The van der Waals surface area contributed by atoms with Gasteiger partial charge in [-0.15, -0.1) is 0 Å². The Morgan fingerprint density at radius 2 is 1.43 bits per heavy atom. The van der Waals surface area contributed by atoms with Gasteiger partial charge in [0, 0.05) is 0 Å². The van der Waals surface area contributed by atoms with Crippen LogP contribution in [0.15, 0.2) is 12.7 Å². The predicted octanol–water partition coefficient (Wildman–Crippen LogP) is 2.09. The lowest BCUT2D eigenvalue weighted by atomic mass is 10.4. The Morgan fingerprint density at radius 3 is 1.83 bits per heavy atom. The van der Waals surface area contributed by atoms with Crippen molar-refractivity contribution in [2.75, 3.05) is 19.8 Å². The first kappa shape index (κ1) is 20.8. The Balaban J connectivity index is 4.48. The van der Waals surface area contributed by atoms with Crippen LogP contribution in [-0.4, -0.2) is 44.1 Å². The summed E-state index contributed by atoms with van der Waals surface area (Å²) < 4.78 is 14.6. The SMILES string of the molecule is C=CCOC(=O)C(NC(=O)OCCCC)NC(=O)OCCCC. The van der Waals surface area contributed by atoms with Crippen LogP contribution >= 0.6 is 0 Å². The smallest absolute Gasteiger partial charge is 0.409 e. The number of hydrogen-bond donors (Lipinski definition) is 2. The topological polar surface area (TPSA) is 103 Å². The maximum absolute atomic E-state index is 11.8. The largest absolute Gasteiger partial charge is 0.459 e. The average Bonchev–Trinajstić information content (AvgIpc) is 2.52. The van der Waals surface area contributed by atoms with Gasteiger partial charge in [-0.2, -0.15) is 0 Å². The predicted molar refractivity (Wildman–Crippen MR) is 83.7 cm³/mol. The summed E-state index contributed by atoms with van der Waals surface area (Å²) in [5, 5.41) is 4.45. The molecule has 0 saturated heterocycles. The molecule has 23 heavy (non-hydrogen) atoms. The molecule has 0 unspecified atom stereocenters. The molecule has 0 aromatic rings. The molecule has 0 aliphatic heterocycles. The Labute approximate surface area is 136 Å². The zero-order chi connectivity index (χ0) is 17.5. The fourth-order valence-electron chi connectivity index (χ4n) is 1.32. The molecular formula is C15H26N2O6. The van der Waals surface area contributed by atoms with Crippen LogP contribution in [0.2, 0.25) is 0 Å². The molecule has 132 valence electrons. The molecule has 0 aromatic carbocycles. The molecule has 0 saturated carbocycles. The second-order valence-corrected chi connectivity index (χ2v) is 4.62. The average molecular weight is 330 g/mol. The number of hydrogen-bond acceptors (Lipinski definition) is 6. The van der Waals surface area contributed by atoms with Crippen LogP contribution in [0.3, 0.4) is 0 Å². The van der Waals surface area contributed by atoms with E-state index in [0.29, 0.717) is 12.8 Å². The fourth-order valence-corrected chi connectivity index (χ4v) is 1.32. The lowest BCUT2D eigenvalue weighted by Crippen LogP contribution is -2.53. The van der Waals surface area contributed by atoms with Crippen molar-refractivity contribution < 1.29 is 28.6 Å². The number of unbranched alkanes of at least 4 members (excludes halogenated alkanes) is 2. The first-order chi connectivity index (χ1) is 11.0. The molecule has 8 heteroatoms. The summed E-state index contributed by atoms with van der Waals surface area (Å²) in [6, 6.07) is 0. The molecule has 8 nitrogen and oxygen atoms in total. The van der Waals surface area contributed by atoms with Crippen molar-refractivity contribution >= 4 is 18.2 Å². The van der Waals surface area contributed by atoms with Crippen molar-refractivity contribution in [1.82, 2.24) is 10.6 Å². The van der Waals surface area contributed by atoms with Gasteiger partial charge in [0.15, 0.2) is 0 Å². The molecule has 0 aliphatic rings. The van der Waals surface area contributed by atoms with E-state index in [1.54, 1.807) is 0 Å². The van der Waals surface area contributed by atoms with Gasteiger partial charge in [-0.05, 0) is 12.8 Å². The normalized spacial score (nSPS) is 9.87. The van der Waals surface area contributed by atoms with Gasteiger partial charge in [-0.3, -0.25) is 10.6 Å². The molecule has 2 amide bonds. The van der Waals surface area contributed by atoms with Gasteiger partial charge < -0.3 is 14.2 Å². The molecule has 0 aromatic heterocycles. The highest BCUT2D eigenvalue weighted by molar-refractivity contribution is 5.84. The van der Waals surface area contributed by atoms with Crippen molar-refractivity contribution in [3.63, 3.8) is 0 Å².